The van der Waals surface area contributed by atoms with E-state index in [-0.39, 0.29) is 17.0 Å². The summed E-state index contributed by atoms with van der Waals surface area (Å²) < 4.78 is 5.44. The van der Waals surface area contributed by atoms with E-state index in [1.54, 1.807) is 23.1 Å². The Bertz CT molecular complexity index is 991. The molecule has 126 valence electrons. The number of nitrogens with zero attached hydrogens (tertiary/aromatic N) is 2. The number of fused-ring (bicyclic) bond motifs is 1. The Morgan fingerprint density at radius 3 is 2.80 bits per heavy atom. The highest BCUT2D eigenvalue weighted by molar-refractivity contribution is 6.30. The monoisotopic (exact) mass is 355 g/mol. The predicted molar refractivity (Wildman–Crippen MR) is 92.5 cm³/mol. The molecule has 0 spiro atoms. The van der Waals surface area contributed by atoms with Gasteiger partial charge in [-0.25, -0.2) is 0 Å². The van der Waals surface area contributed by atoms with E-state index < -0.39 is 0 Å². The van der Waals surface area contributed by atoms with Crippen molar-refractivity contribution in [2.75, 3.05) is 6.54 Å². The number of rotatable bonds is 2. The third kappa shape index (κ3) is 2.85. The largest absolute Gasteiger partial charge is 0.360 e. The molecule has 4 rings (SSSR count). The summed E-state index contributed by atoms with van der Waals surface area (Å²) in [5, 5.41) is 4.80. The molecule has 1 amide bonds. The Kier molecular flexibility index (Phi) is 3.89. The minimum Gasteiger partial charge on any atom is -0.360 e. The van der Waals surface area contributed by atoms with Gasteiger partial charge in [0.05, 0.1) is 6.54 Å². The number of hydrogen-bond donors (Lipinski definition) is 1. The van der Waals surface area contributed by atoms with Gasteiger partial charge in [0, 0.05) is 35.3 Å². The van der Waals surface area contributed by atoms with Gasteiger partial charge in [-0.1, -0.05) is 28.9 Å². The van der Waals surface area contributed by atoms with Crippen LogP contribution < -0.4 is 5.56 Å². The molecule has 0 fully saturated rings. The lowest BCUT2D eigenvalue weighted by atomic mass is 10.0. The fraction of sp³-hybridized carbons (Fsp3) is 0.167. The van der Waals surface area contributed by atoms with Crippen molar-refractivity contribution >= 4 is 17.5 Å². The minimum atomic E-state index is -0.387. The SMILES string of the molecule is O=C(c1ccc[nH]c1=O)N1CCc2onc(-c3ccc(Cl)cc3)c2C1. The van der Waals surface area contributed by atoms with Gasteiger partial charge in [0.25, 0.3) is 11.5 Å². The van der Waals surface area contributed by atoms with Crippen LogP contribution in [0.5, 0.6) is 0 Å². The van der Waals surface area contributed by atoms with Crippen LogP contribution in [0, 0.1) is 0 Å². The van der Waals surface area contributed by atoms with Gasteiger partial charge < -0.3 is 14.4 Å². The summed E-state index contributed by atoms with van der Waals surface area (Å²) in [5.74, 6) is 0.478. The number of halogens is 1. The highest BCUT2D eigenvalue weighted by atomic mass is 35.5. The second-order valence-electron chi connectivity index (χ2n) is 5.83. The number of H-pyrrole nitrogens is 1. The van der Waals surface area contributed by atoms with Crippen molar-refractivity contribution < 1.29 is 9.32 Å². The molecule has 1 aliphatic rings. The Balaban J connectivity index is 1.66. The number of nitrogens with one attached hydrogen (secondary N) is 1. The molecule has 0 unspecified atom stereocenters. The Morgan fingerprint density at radius 2 is 2.04 bits per heavy atom. The maximum Gasteiger partial charge on any atom is 0.260 e. The summed E-state index contributed by atoms with van der Waals surface area (Å²) in [5.41, 5.74) is 2.19. The van der Waals surface area contributed by atoms with Gasteiger partial charge in [0.1, 0.15) is 17.0 Å². The first-order valence-corrected chi connectivity index (χ1v) is 8.21. The maximum atomic E-state index is 12.7. The number of benzene rings is 1. The van der Waals surface area contributed by atoms with Crippen LogP contribution in [0.25, 0.3) is 11.3 Å². The molecule has 2 aromatic heterocycles. The molecule has 1 N–H and O–H groups in total. The molecule has 0 radical (unpaired) electrons. The molecule has 25 heavy (non-hydrogen) atoms. The van der Waals surface area contributed by atoms with Crippen LogP contribution in [0.15, 0.2) is 51.9 Å². The van der Waals surface area contributed by atoms with Crippen molar-refractivity contribution in [3.63, 3.8) is 0 Å². The third-order valence-electron chi connectivity index (χ3n) is 4.28. The van der Waals surface area contributed by atoms with Crippen molar-refractivity contribution in [1.29, 1.82) is 0 Å². The molecule has 0 saturated heterocycles. The van der Waals surface area contributed by atoms with Crippen molar-refractivity contribution in [2.45, 2.75) is 13.0 Å². The predicted octanol–water partition coefficient (Wildman–Crippen LogP) is 2.88. The summed E-state index contributed by atoms with van der Waals surface area (Å²) in [4.78, 5) is 28.7. The quantitative estimate of drug-likeness (QED) is 0.766. The van der Waals surface area contributed by atoms with E-state index in [0.29, 0.717) is 30.2 Å². The summed E-state index contributed by atoms with van der Waals surface area (Å²) in [6.07, 6.45) is 2.07. The molecular formula is C18H14ClN3O3. The standard InChI is InChI=1S/C18H14ClN3O3/c19-12-5-3-11(4-6-12)16-14-10-22(9-7-15(14)25-21-16)18(24)13-2-1-8-20-17(13)23/h1-6,8H,7,9-10H2,(H,20,23). The Morgan fingerprint density at radius 1 is 1.24 bits per heavy atom. The molecule has 6 nitrogen and oxygen atoms in total. The zero-order chi connectivity index (χ0) is 17.4. The van der Waals surface area contributed by atoms with E-state index in [0.717, 1.165) is 16.9 Å². The fourth-order valence-corrected chi connectivity index (χ4v) is 3.10. The molecule has 1 aliphatic heterocycles. The smallest absolute Gasteiger partial charge is 0.260 e. The van der Waals surface area contributed by atoms with Crippen LogP contribution in [-0.2, 0) is 13.0 Å². The summed E-state index contributed by atoms with van der Waals surface area (Å²) >= 11 is 5.93. The number of aromatic nitrogens is 2. The van der Waals surface area contributed by atoms with Crippen LogP contribution in [0.4, 0.5) is 0 Å². The first-order chi connectivity index (χ1) is 12.1. The first-order valence-electron chi connectivity index (χ1n) is 7.84. The van der Waals surface area contributed by atoms with Crippen LogP contribution in [0.1, 0.15) is 21.7 Å². The van der Waals surface area contributed by atoms with Gasteiger partial charge in [0.2, 0.25) is 0 Å². The molecule has 0 atom stereocenters. The molecule has 3 aromatic rings. The lowest BCUT2D eigenvalue weighted by Crippen LogP contribution is -2.38. The first kappa shape index (κ1) is 15.7. The van der Waals surface area contributed by atoms with Gasteiger partial charge in [-0.15, -0.1) is 0 Å². The van der Waals surface area contributed by atoms with Gasteiger partial charge in [0.15, 0.2) is 0 Å². The average Bonchev–Trinajstić information content (AvgIpc) is 3.05. The number of carbonyl (C=O) groups is 1. The summed E-state index contributed by atoms with van der Waals surface area (Å²) in [6, 6.07) is 10.5. The average molecular weight is 356 g/mol. The second-order valence-corrected chi connectivity index (χ2v) is 6.27. The minimum absolute atomic E-state index is 0.135. The lowest BCUT2D eigenvalue weighted by molar-refractivity contribution is 0.0727. The van der Waals surface area contributed by atoms with E-state index in [2.05, 4.69) is 10.1 Å². The van der Waals surface area contributed by atoms with E-state index in [1.807, 2.05) is 12.1 Å². The van der Waals surface area contributed by atoms with E-state index in [1.165, 1.54) is 12.3 Å². The van der Waals surface area contributed by atoms with E-state index in [4.69, 9.17) is 16.1 Å². The zero-order valence-corrected chi connectivity index (χ0v) is 13.9. The van der Waals surface area contributed by atoms with Crippen molar-refractivity contribution in [3.8, 4) is 11.3 Å². The lowest BCUT2D eigenvalue weighted by Gasteiger charge is -2.26. The highest BCUT2D eigenvalue weighted by Crippen LogP contribution is 2.30. The highest BCUT2D eigenvalue weighted by Gasteiger charge is 2.28. The van der Waals surface area contributed by atoms with Crippen LogP contribution >= 0.6 is 11.6 Å². The fourth-order valence-electron chi connectivity index (χ4n) is 2.98. The number of amides is 1. The molecule has 1 aromatic carbocycles. The Labute approximate surface area is 148 Å². The van der Waals surface area contributed by atoms with Gasteiger partial charge in [-0.3, -0.25) is 9.59 Å². The number of hydrogen-bond acceptors (Lipinski definition) is 4. The van der Waals surface area contributed by atoms with E-state index >= 15 is 0 Å². The summed E-state index contributed by atoms with van der Waals surface area (Å²) in [7, 11) is 0. The molecule has 0 saturated carbocycles. The van der Waals surface area contributed by atoms with Crippen molar-refractivity contribution in [2.24, 2.45) is 0 Å². The number of carbonyl (C=O) groups excluding carboxylic acids is 1. The van der Waals surface area contributed by atoms with E-state index in [9.17, 15) is 9.59 Å². The van der Waals surface area contributed by atoms with Crippen LogP contribution in [-0.4, -0.2) is 27.5 Å². The maximum absolute atomic E-state index is 12.7. The third-order valence-corrected chi connectivity index (χ3v) is 4.53. The van der Waals surface area contributed by atoms with Crippen LogP contribution in [0.2, 0.25) is 5.02 Å². The molecular weight excluding hydrogens is 342 g/mol. The molecule has 0 bridgehead atoms. The Hall–Kier alpha value is -2.86. The topological polar surface area (TPSA) is 79.2 Å². The molecule has 3 heterocycles. The van der Waals surface area contributed by atoms with Gasteiger partial charge in [-0.05, 0) is 24.3 Å². The zero-order valence-electron chi connectivity index (χ0n) is 13.2. The number of pyridine rings is 1. The van der Waals surface area contributed by atoms with Crippen LogP contribution in [0.3, 0.4) is 0 Å². The van der Waals surface area contributed by atoms with Crippen molar-refractivity contribution in [3.05, 3.63) is 74.9 Å². The van der Waals surface area contributed by atoms with Crippen molar-refractivity contribution in [1.82, 2.24) is 15.0 Å². The van der Waals surface area contributed by atoms with Gasteiger partial charge in [-0.2, -0.15) is 0 Å². The summed E-state index contributed by atoms with van der Waals surface area (Å²) in [6.45, 7) is 0.833. The normalized spacial score (nSPS) is 13.6. The molecule has 0 aliphatic carbocycles. The molecule has 7 heteroatoms. The van der Waals surface area contributed by atoms with Gasteiger partial charge >= 0.3 is 0 Å². The second kappa shape index (κ2) is 6.22. The number of aromatic amines is 1.